The van der Waals surface area contributed by atoms with Gasteiger partial charge in [-0.05, 0) is 25.1 Å². The van der Waals surface area contributed by atoms with Gasteiger partial charge in [0.1, 0.15) is 6.61 Å². The quantitative estimate of drug-likeness (QED) is 0.593. The minimum absolute atomic E-state index is 0.272. The Hall–Kier alpha value is -2.79. The van der Waals surface area contributed by atoms with Crippen LogP contribution in [-0.2, 0) is 16.2 Å². The predicted molar refractivity (Wildman–Crippen MR) is 96.0 cm³/mol. The van der Waals surface area contributed by atoms with Crippen LogP contribution < -0.4 is 9.47 Å². The van der Waals surface area contributed by atoms with Gasteiger partial charge in [0.15, 0.2) is 11.5 Å². The Labute approximate surface area is 150 Å². The van der Waals surface area contributed by atoms with Gasteiger partial charge in [-0.3, -0.25) is 0 Å². The number of carbonyl (C=O) groups is 1. The fourth-order valence-electron chi connectivity index (χ4n) is 2.40. The van der Waals surface area contributed by atoms with Crippen LogP contribution in [-0.4, -0.2) is 18.8 Å². The third-order valence-electron chi connectivity index (χ3n) is 3.73. The monoisotopic (exact) mass is 357 g/mol. The molecular weight excluding hydrogens is 342 g/mol. The minimum Gasteiger partial charge on any atom is -0.493 e. The van der Waals surface area contributed by atoms with E-state index in [-0.39, 0.29) is 6.61 Å². The highest BCUT2D eigenvalue weighted by atomic mass is 35.5. The standard InChI is InChI=1S/C19H16ClNO4/c1-12-15(19(22)25-21-12)10-13-7-5-9-17(23-2)18(13)24-11-14-6-3-4-8-16(14)20/h3-10H,11H2,1-2H3. The van der Waals surface area contributed by atoms with Crippen molar-refractivity contribution in [2.24, 2.45) is 5.16 Å². The van der Waals surface area contributed by atoms with Crippen LogP contribution in [0.3, 0.4) is 0 Å². The highest BCUT2D eigenvalue weighted by Crippen LogP contribution is 2.34. The molecule has 0 amide bonds. The van der Waals surface area contributed by atoms with Gasteiger partial charge in [-0.25, -0.2) is 4.79 Å². The molecule has 0 N–H and O–H groups in total. The van der Waals surface area contributed by atoms with E-state index in [9.17, 15) is 4.79 Å². The second kappa shape index (κ2) is 7.40. The first-order chi connectivity index (χ1) is 12.1. The molecule has 0 saturated heterocycles. The van der Waals surface area contributed by atoms with Gasteiger partial charge < -0.3 is 14.3 Å². The van der Waals surface area contributed by atoms with Crippen LogP contribution in [0.25, 0.3) is 6.08 Å². The predicted octanol–water partition coefficient (Wildman–Crippen LogP) is 4.24. The normalized spacial score (nSPS) is 15.1. The summed E-state index contributed by atoms with van der Waals surface area (Å²) in [6, 6.07) is 12.9. The first-order valence-electron chi connectivity index (χ1n) is 7.61. The van der Waals surface area contributed by atoms with Crippen molar-refractivity contribution in [3.8, 4) is 11.5 Å². The molecule has 128 valence electrons. The third-order valence-corrected chi connectivity index (χ3v) is 4.10. The summed E-state index contributed by atoms with van der Waals surface area (Å²) >= 11 is 6.18. The lowest BCUT2D eigenvalue weighted by molar-refractivity contribution is -0.136. The van der Waals surface area contributed by atoms with Crippen molar-refractivity contribution in [1.29, 1.82) is 0 Å². The smallest absolute Gasteiger partial charge is 0.367 e. The van der Waals surface area contributed by atoms with Crippen LogP contribution in [0.5, 0.6) is 11.5 Å². The summed E-state index contributed by atoms with van der Waals surface area (Å²) in [5.41, 5.74) is 2.45. The fraction of sp³-hybridized carbons (Fsp3) is 0.158. The average molecular weight is 358 g/mol. The number of ether oxygens (including phenoxy) is 2. The zero-order chi connectivity index (χ0) is 17.8. The molecule has 2 aromatic carbocycles. The summed E-state index contributed by atoms with van der Waals surface area (Å²) in [7, 11) is 1.56. The van der Waals surface area contributed by atoms with Crippen molar-refractivity contribution < 1.29 is 19.1 Å². The molecule has 0 radical (unpaired) electrons. The Bertz CT molecular complexity index is 873. The third kappa shape index (κ3) is 3.67. The zero-order valence-electron chi connectivity index (χ0n) is 13.8. The highest BCUT2D eigenvalue weighted by Gasteiger charge is 2.23. The van der Waals surface area contributed by atoms with Crippen LogP contribution in [0.4, 0.5) is 0 Å². The Kier molecular flexibility index (Phi) is 5.05. The molecule has 1 aliphatic rings. The summed E-state index contributed by atoms with van der Waals surface area (Å²) < 4.78 is 11.3. The summed E-state index contributed by atoms with van der Waals surface area (Å²) in [4.78, 5) is 16.5. The van der Waals surface area contributed by atoms with Gasteiger partial charge in [0, 0.05) is 16.1 Å². The molecule has 25 heavy (non-hydrogen) atoms. The second-order valence-corrected chi connectivity index (χ2v) is 5.78. The maximum Gasteiger partial charge on any atom is 0.367 e. The number of carbonyl (C=O) groups excluding carboxylic acids is 1. The van der Waals surface area contributed by atoms with Gasteiger partial charge in [-0.2, -0.15) is 0 Å². The number of halogens is 1. The largest absolute Gasteiger partial charge is 0.493 e. The van der Waals surface area contributed by atoms with Gasteiger partial charge in [0.05, 0.1) is 18.4 Å². The fourth-order valence-corrected chi connectivity index (χ4v) is 2.59. The number of hydrogen-bond acceptors (Lipinski definition) is 5. The van der Waals surface area contributed by atoms with Crippen molar-refractivity contribution in [1.82, 2.24) is 0 Å². The number of para-hydroxylation sites is 1. The molecule has 0 atom stereocenters. The second-order valence-electron chi connectivity index (χ2n) is 5.37. The van der Waals surface area contributed by atoms with Gasteiger partial charge in [0.25, 0.3) is 0 Å². The van der Waals surface area contributed by atoms with Gasteiger partial charge in [0.2, 0.25) is 0 Å². The van der Waals surface area contributed by atoms with Gasteiger partial charge in [-0.15, -0.1) is 0 Å². The van der Waals surface area contributed by atoms with E-state index in [0.29, 0.717) is 33.4 Å². The van der Waals surface area contributed by atoms with Crippen molar-refractivity contribution in [2.75, 3.05) is 7.11 Å². The first kappa shape index (κ1) is 17.0. The van der Waals surface area contributed by atoms with E-state index < -0.39 is 5.97 Å². The Morgan fingerprint density at radius 2 is 2.00 bits per heavy atom. The molecule has 0 aliphatic carbocycles. The number of hydrogen-bond donors (Lipinski definition) is 0. The maximum atomic E-state index is 11.8. The number of methoxy groups -OCH3 is 1. The summed E-state index contributed by atoms with van der Waals surface area (Å²) in [5.74, 6) is 0.588. The number of benzene rings is 2. The molecule has 1 aliphatic heterocycles. The first-order valence-corrected chi connectivity index (χ1v) is 7.99. The molecule has 6 heteroatoms. The van der Waals surface area contributed by atoms with E-state index in [0.717, 1.165) is 5.56 Å². The molecule has 1 heterocycles. The van der Waals surface area contributed by atoms with E-state index in [1.54, 1.807) is 32.2 Å². The molecule has 0 bridgehead atoms. The number of nitrogens with zero attached hydrogens (tertiary/aromatic N) is 1. The molecular formula is C19H16ClNO4. The Morgan fingerprint density at radius 1 is 1.20 bits per heavy atom. The lowest BCUT2D eigenvalue weighted by atomic mass is 10.1. The van der Waals surface area contributed by atoms with E-state index in [1.165, 1.54) is 0 Å². The SMILES string of the molecule is COc1cccc(C=C2C(=O)ON=C2C)c1OCc1ccccc1Cl. The lowest BCUT2D eigenvalue weighted by Crippen LogP contribution is -2.04. The van der Waals surface area contributed by atoms with Crippen LogP contribution in [0.15, 0.2) is 53.2 Å². The lowest BCUT2D eigenvalue weighted by Gasteiger charge is -2.14. The van der Waals surface area contributed by atoms with Crippen LogP contribution in [0.2, 0.25) is 5.02 Å². The van der Waals surface area contributed by atoms with Gasteiger partial charge in [-0.1, -0.05) is 47.1 Å². The van der Waals surface area contributed by atoms with E-state index in [2.05, 4.69) is 9.99 Å². The molecule has 5 nitrogen and oxygen atoms in total. The summed E-state index contributed by atoms with van der Waals surface area (Å²) in [6.07, 6.45) is 1.68. The van der Waals surface area contributed by atoms with Crippen LogP contribution >= 0.6 is 11.6 Å². The van der Waals surface area contributed by atoms with Gasteiger partial charge >= 0.3 is 5.97 Å². The van der Waals surface area contributed by atoms with Crippen molar-refractivity contribution in [3.63, 3.8) is 0 Å². The van der Waals surface area contributed by atoms with Crippen LogP contribution in [0, 0.1) is 0 Å². The molecule has 0 fully saturated rings. The van der Waals surface area contributed by atoms with E-state index in [1.807, 2.05) is 30.3 Å². The Morgan fingerprint density at radius 3 is 2.68 bits per heavy atom. The summed E-state index contributed by atoms with van der Waals surface area (Å²) in [6.45, 7) is 1.98. The van der Waals surface area contributed by atoms with E-state index >= 15 is 0 Å². The minimum atomic E-state index is -0.489. The summed E-state index contributed by atoms with van der Waals surface area (Å²) in [5, 5.41) is 4.31. The number of oxime groups is 1. The molecule has 0 spiro atoms. The zero-order valence-corrected chi connectivity index (χ0v) is 14.5. The van der Waals surface area contributed by atoms with Crippen molar-refractivity contribution >= 4 is 29.4 Å². The average Bonchev–Trinajstić information content (AvgIpc) is 2.93. The Balaban J connectivity index is 1.95. The van der Waals surface area contributed by atoms with E-state index in [4.69, 9.17) is 21.1 Å². The molecule has 0 unspecified atom stereocenters. The molecule has 0 saturated carbocycles. The maximum absolute atomic E-state index is 11.8. The van der Waals surface area contributed by atoms with Crippen molar-refractivity contribution in [2.45, 2.75) is 13.5 Å². The van der Waals surface area contributed by atoms with Crippen LogP contribution in [0.1, 0.15) is 18.1 Å². The number of rotatable bonds is 5. The highest BCUT2D eigenvalue weighted by molar-refractivity contribution is 6.31. The molecule has 3 rings (SSSR count). The molecule has 2 aromatic rings. The topological polar surface area (TPSA) is 57.1 Å². The molecule has 0 aromatic heterocycles. The van der Waals surface area contributed by atoms with Crippen molar-refractivity contribution in [3.05, 3.63) is 64.2 Å².